The first-order chi connectivity index (χ1) is 15.3. The molecule has 1 aromatic carbocycles. The molecule has 5 rings (SSSR count). The van der Waals surface area contributed by atoms with Crippen LogP contribution in [-0.4, -0.2) is 47.2 Å². The normalized spacial score (nSPS) is 13.9. The molecular formula is C22H20N6O2S. The van der Waals surface area contributed by atoms with Gasteiger partial charge in [0.1, 0.15) is 18.0 Å². The highest BCUT2D eigenvalue weighted by molar-refractivity contribution is 7.13. The number of carbonyl (C=O) groups is 1. The number of carbonyl (C=O) groups excluding carboxylic acids is 1. The zero-order valence-electron chi connectivity index (χ0n) is 16.6. The van der Waals surface area contributed by atoms with Crippen LogP contribution in [0.1, 0.15) is 10.5 Å². The van der Waals surface area contributed by atoms with Crippen molar-refractivity contribution >= 4 is 34.6 Å². The van der Waals surface area contributed by atoms with Gasteiger partial charge in [-0.15, -0.1) is 11.3 Å². The first kappa shape index (κ1) is 19.3. The summed E-state index contributed by atoms with van der Waals surface area (Å²) in [5.74, 6) is 1.42. The summed E-state index contributed by atoms with van der Waals surface area (Å²) >= 11 is 1.53. The molecule has 0 spiro atoms. The van der Waals surface area contributed by atoms with E-state index in [0.717, 1.165) is 36.9 Å². The van der Waals surface area contributed by atoms with Crippen molar-refractivity contribution in [3.8, 4) is 10.6 Å². The van der Waals surface area contributed by atoms with Crippen LogP contribution in [0.5, 0.6) is 0 Å². The van der Waals surface area contributed by atoms with Gasteiger partial charge in [-0.3, -0.25) is 4.79 Å². The molecule has 0 aliphatic carbocycles. The van der Waals surface area contributed by atoms with Crippen molar-refractivity contribution in [2.75, 3.05) is 41.3 Å². The molecule has 4 heterocycles. The van der Waals surface area contributed by atoms with Crippen molar-refractivity contribution in [2.45, 2.75) is 0 Å². The van der Waals surface area contributed by atoms with Gasteiger partial charge in [-0.25, -0.2) is 9.97 Å². The van der Waals surface area contributed by atoms with Crippen molar-refractivity contribution in [1.29, 1.82) is 0 Å². The number of thiophene rings is 1. The van der Waals surface area contributed by atoms with Gasteiger partial charge < -0.3 is 19.6 Å². The number of hydrogen-bond acceptors (Lipinski definition) is 8. The molecule has 156 valence electrons. The summed E-state index contributed by atoms with van der Waals surface area (Å²) < 4.78 is 5.29. The second kappa shape index (κ2) is 8.57. The van der Waals surface area contributed by atoms with E-state index in [2.05, 4.69) is 54.5 Å². The number of benzene rings is 1. The van der Waals surface area contributed by atoms with Crippen LogP contribution >= 0.6 is 11.3 Å². The molecule has 1 aliphatic rings. The maximum atomic E-state index is 12.6. The number of hydrogen-bond donors (Lipinski definition) is 1. The number of anilines is 3. The molecular weight excluding hydrogens is 412 g/mol. The van der Waals surface area contributed by atoms with Gasteiger partial charge in [0.2, 0.25) is 0 Å². The summed E-state index contributed by atoms with van der Waals surface area (Å²) in [6.45, 7) is 3.49. The summed E-state index contributed by atoms with van der Waals surface area (Å²) in [6.07, 6.45) is 1.47. The minimum absolute atomic E-state index is 0.208. The molecule has 3 aromatic heterocycles. The minimum atomic E-state index is -0.370. The zero-order chi connectivity index (χ0) is 21.0. The number of aromatic nitrogens is 3. The average Bonchev–Trinajstić information content (AvgIpc) is 3.52. The maximum absolute atomic E-state index is 12.6. The highest BCUT2D eigenvalue weighted by Gasteiger charge is 2.20. The van der Waals surface area contributed by atoms with E-state index in [0.29, 0.717) is 11.6 Å². The maximum Gasteiger partial charge on any atom is 0.279 e. The van der Waals surface area contributed by atoms with Gasteiger partial charge >= 0.3 is 0 Å². The van der Waals surface area contributed by atoms with E-state index in [-0.39, 0.29) is 11.6 Å². The Hall–Kier alpha value is -3.72. The lowest BCUT2D eigenvalue weighted by Gasteiger charge is -2.36. The average molecular weight is 433 g/mol. The van der Waals surface area contributed by atoms with E-state index in [4.69, 9.17) is 4.52 Å². The zero-order valence-corrected chi connectivity index (χ0v) is 17.5. The second-order valence-corrected chi connectivity index (χ2v) is 8.03. The molecule has 8 nitrogen and oxygen atoms in total. The second-order valence-electron chi connectivity index (χ2n) is 7.08. The molecule has 1 fully saturated rings. The number of nitrogens with one attached hydrogen (secondary N) is 1. The minimum Gasteiger partial charge on any atom is -0.368 e. The SMILES string of the molecule is O=C(Nc1cc(N2CCN(c3ccccc3)CC2)ncn1)c1cc(-c2cccs2)on1. The fraction of sp³-hybridized carbons (Fsp3) is 0.182. The van der Waals surface area contributed by atoms with Crippen LogP contribution in [0, 0.1) is 0 Å². The third-order valence-corrected chi connectivity index (χ3v) is 6.01. The van der Waals surface area contributed by atoms with Crippen molar-refractivity contribution in [2.24, 2.45) is 0 Å². The Morgan fingerprint density at radius 3 is 2.55 bits per heavy atom. The van der Waals surface area contributed by atoms with Gasteiger partial charge in [0.05, 0.1) is 4.88 Å². The van der Waals surface area contributed by atoms with Gasteiger partial charge in [-0.2, -0.15) is 0 Å². The molecule has 1 N–H and O–H groups in total. The standard InChI is InChI=1S/C22H20N6O2S/c29-22(17-13-18(30-26-17)19-7-4-12-31-19)25-20-14-21(24-15-23-20)28-10-8-27(9-11-28)16-5-2-1-3-6-16/h1-7,12-15H,8-11H2,(H,23,24,25,29). The first-order valence-electron chi connectivity index (χ1n) is 9.95. The molecule has 0 unspecified atom stereocenters. The van der Waals surface area contributed by atoms with Crippen molar-refractivity contribution in [3.63, 3.8) is 0 Å². The molecule has 1 aliphatic heterocycles. The molecule has 1 saturated heterocycles. The summed E-state index contributed by atoms with van der Waals surface area (Å²) in [5.41, 5.74) is 1.44. The molecule has 9 heteroatoms. The number of amides is 1. The topological polar surface area (TPSA) is 87.4 Å². The van der Waals surface area contributed by atoms with E-state index in [1.54, 1.807) is 12.1 Å². The Morgan fingerprint density at radius 1 is 0.968 bits per heavy atom. The Bertz CT molecular complexity index is 1150. The Kier molecular flexibility index (Phi) is 5.32. The number of piperazine rings is 1. The quantitative estimate of drug-likeness (QED) is 0.514. The smallest absolute Gasteiger partial charge is 0.279 e. The highest BCUT2D eigenvalue weighted by Crippen LogP contribution is 2.25. The predicted molar refractivity (Wildman–Crippen MR) is 121 cm³/mol. The van der Waals surface area contributed by atoms with Crippen molar-refractivity contribution in [3.05, 3.63) is 72.0 Å². The summed E-state index contributed by atoms with van der Waals surface area (Å²) in [6, 6.07) is 17.6. The molecule has 1 amide bonds. The van der Waals surface area contributed by atoms with Crippen LogP contribution in [0.15, 0.2) is 70.8 Å². The van der Waals surface area contributed by atoms with Gasteiger partial charge in [0, 0.05) is 44.0 Å². The van der Waals surface area contributed by atoms with Gasteiger partial charge in [0.25, 0.3) is 5.91 Å². The first-order valence-corrected chi connectivity index (χ1v) is 10.8. The summed E-state index contributed by atoms with van der Waals surface area (Å²) in [5, 5.41) is 8.61. The van der Waals surface area contributed by atoms with Crippen molar-refractivity contribution in [1.82, 2.24) is 15.1 Å². The number of nitrogens with zero attached hydrogens (tertiary/aromatic N) is 5. The van der Waals surface area contributed by atoms with Crippen LogP contribution in [0.25, 0.3) is 10.6 Å². The molecule has 0 atom stereocenters. The molecule has 4 aromatic rings. The number of rotatable bonds is 5. The van der Waals surface area contributed by atoms with Crippen molar-refractivity contribution < 1.29 is 9.32 Å². The fourth-order valence-electron chi connectivity index (χ4n) is 3.52. The predicted octanol–water partition coefficient (Wildman–Crippen LogP) is 3.77. The third-order valence-electron chi connectivity index (χ3n) is 5.13. The highest BCUT2D eigenvalue weighted by atomic mass is 32.1. The van der Waals surface area contributed by atoms with Gasteiger partial charge in [0.15, 0.2) is 11.5 Å². The van der Waals surface area contributed by atoms with Crippen LogP contribution in [0.4, 0.5) is 17.3 Å². The van der Waals surface area contributed by atoms with Crippen LogP contribution in [0.3, 0.4) is 0 Å². The Labute approximate surface area is 183 Å². The lowest BCUT2D eigenvalue weighted by Crippen LogP contribution is -2.46. The van der Waals surface area contributed by atoms with E-state index >= 15 is 0 Å². The monoisotopic (exact) mass is 432 g/mol. The molecule has 0 saturated carbocycles. The van der Waals surface area contributed by atoms with Gasteiger partial charge in [-0.05, 0) is 23.6 Å². The fourth-order valence-corrected chi connectivity index (χ4v) is 4.19. The summed E-state index contributed by atoms with van der Waals surface area (Å²) in [7, 11) is 0. The van der Waals surface area contributed by atoms with E-state index < -0.39 is 0 Å². The largest absolute Gasteiger partial charge is 0.368 e. The van der Waals surface area contributed by atoms with Gasteiger partial charge in [-0.1, -0.05) is 29.4 Å². The van der Waals surface area contributed by atoms with E-state index in [1.807, 2.05) is 23.6 Å². The van der Waals surface area contributed by atoms with Crippen LogP contribution < -0.4 is 15.1 Å². The lowest BCUT2D eigenvalue weighted by atomic mass is 10.2. The molecule has 0 radical (unpaired) electrons. The lowest BCUT2D eigenvalue weighted by molar-refractivity contribution is 0.101. The number of para-hydroxylation sites is 1. The van der Waals surface area contributed by atoms with E-state index in [9.17, 15) is 4.79 Å². The third kappa shape index (κ3) is 4.26. The Morgan fingerprint density at radius 2 is 1.77 bits per heavy atom. The summed E-state index contributed by atoms with van der Waals surface area (Å²) in [4.78, 5) is 26.6. The van der Waals surface area contributed by atoms with E-state index in [1.165, 1.54) is 23.4 Å². The Balaban J connectivity index is 1.23. The molecule has 31 heavy (non-hydrogen) atoms. The van der Waals surface area contributed by atoms with Crippen LogP contribution in [0.2, 0.25) is 0 Å². The van der Waals surface area contributed by atoms with Crippen LogP contribution in [-0.2, 0) is 0 Å². The molecule has 0 bridgehead atoms.